The van der Waals surface area contributed by atoms with Crippen LogP contribution in [0.5, 0.6) is 0 Å². The predicted octanol–water partition coefficient (Wildman–Crippen LogP) is 3.58. The molecule has 0 spiro atoms. The van der Waals surface area contributed by atoms with Crippen LogP contribution < -0.4 is 5.32 Å². The van der Waals surface area contributed by atoms with Crippen molar-refractivity contribution >= 4 is 8.32 Å². The number of hydrogen-bond donors (Lipinski definition) is 2. The summed E-state index contributed by atoms with van der Waals surface area (Å²) >= 11 is 0. The number of aliphatic hydroxyl groups excluding tert-OH is 1. The van der Waals surface area contributed by atoms with Crippen molar-refractivity contribution in [3.63, 3.8) is 0 Å². The molecule has 4 heteroatoms. The molecule has 20 heavy (non-hydrogen) atoms. The van der Waals surface area contributed by atoms with Gasteiger partial charge < -0.3 is 14.8 Å². The molecule has 0 saturated carbocycles. The molecule has 116 valence electrons. The first-order valence-corrected chi connectivity index (χ1v) is 10.6. The highest BCUT2D eigenvalue weighted by Gasteiger charge is 2.36. The summed E-state index contributed by atoms with van der Waals surface area (Å²) in [7, 11) is -1.68. The molecule has 0 aromatic rings. The molecule has 0 amide bonds. The number of aliphatic hydroxyl groups is 1. The van der Waals surface area contributed by atoms with Gasteiger partial charge in [-0.05, 0) is 43.5 Å². The molecule has 3 nitrogen and oxygen atoms in total. The van der Waals surface area contributed by atoms with Crippen LogP contribution in [-0.4, -0.2) is 32.7 Å². The Balaban J connectivity index is 2.22. The topological polar surface area (TPSA) is 41.5 Å². The normalized spacial score (nSPS) is 17.8. The van der Waals surface area contributed by atoms with Crippen LogP contribution in [0.15, 0.2) is 23.9 Å². The molecule has 0 radical (unpaired) electrons. The summed E-state index contributed by atoms with van der Waals surface area (Å²) in [4.78, 5) is 0. The third-order valence-corrected chi connectivity index (χ3v) is 8.80. The molecule has 1 unspecified atom stereocenters. The van der Waals surface area contributed by atoms with E-state index in [4.69, 9.17) is 4.43 Å². The van der Waals surface area contributed by atoms with Crippen molar-refractivity contribution in [2.45, 2.75) is 64.3 Å². The standard InChI is InChI=1S/C16H31NO2Si/c1-16(2,3)20(4,5)19-12-11-15(18)13-17-14-9-7-6-8-10-14/h7,9-10,15,17-18H,6,8,11-13H2,1-5H3. The SMILES string of the molecule is CC(C)(C)[Si](C)(C)OCCC(O)CNC1=CCCC=C1. The van der Waals surface area contributed by atoms with Gasteiger partial charge in [0.1, 0.15) is 0 Å². The van der Waals surface area contributed by atoms with Crippen LogP contribution in [0.4, 0.5) is 0 Å². The minimum absolute atomic E-state index is 0.230. The zero-order valence-electron chi connectivity index (χ0n) is 13.7. The van der Waals surface area contributed by atoms with Crippen molar-refractivity contribution in [2.24, 2.45) is 0 Å². The first kappa shape index (κ1) is 17.5. The molecule has 0 saturated heterocycles. The van der Waals surface area contributed by atoms with Gasteiger partial charge in [0.2, 0.25) is 0 Å². The van der Waals surface area contributed by atoms with Gasteiger partial charge in [-0.3, -0.25) is 0 Å². The molecule has 1 rings (SSSR count). The van der Waals surface area contributed by atoms with Gasteiger partial charge in [0.15, 0.2) is 8.32 Å². The van der Waals surface area contributed by atoms with Gasteiger partial charge in [-0.25, -0.2) is 0 Å². The third-order valence-electron chi connectivity index (χ3n) is 4.26. The summed E-state index contributed by atoms with van der Waals surface area (Å²) in [6, 6.07) is 0. The Labute approximate surface area is 125 Å². The molecular weight excluding hydrogens is 266 g/mol. The number of rotatable bonds is 7. The smallest absolute Gasteiger partial charge is 0.191 e. The van der Waals surface area contributed by atoms with Gasteiger partial charge in [0, 0.05) is 18.8 Å². The van der Waals surface area contributed by atoms with E-state index in [1.807, 2.05) is 0 Å². The maximum absolute atomic E-state index is 10.0. The highest BCUT2D eigenvalue weighted by Crippen LogP contribution is 2.36. The van der Waals surface area contributed by atoms with E-state index in [2.05, 4.69) is 57.4 Å². The van der Waals surface area contributed by atoms with Gasteiger partial charge in [-0.1, -0.05) is 32.9 Å². The van der Waals surface area contributed by atoms with E-state index in [1.165, 1.54) is 0 Å². The number of allylic oxidation sites excluding steroid dienone is 3. The molecule has 1 atom stereocenters. The molecule has 1 aliphatic rings. The van der Waals surface area contributed by atoms with E-state index in [9.17, 15) is 5.11 Å². The average Bonchev–Trinajstić information content (AvgIpc) is 2.36. The fourth-order valence-electron chi connectivity index (χ4n) is 1.75. The van der Waals surface area contributed by atoms with Crippen LogP contribution >= 0.6 is 0 Å². The Hall–Kier alpha value is -0.583. The van der Waals surface area contributed by atoms with E-state index in [-0.39, 0.29) is 11.1 Å². The minimum atomic E-state index is -1.68. The highest BCUT2D eigenvalue weighted by molar-refractivity contribution is 6.74. The van der Waals surface area contributed by atoms with Crippen LogP contribution in [-0.2, 0) is 4.43 Å². The van der Waals surface area contributed by atoms with Gasteiger partial charge in [0.05, 0.1) is 6.10 Å². The second kappa shape index (κ2) is 7.43. The Morgan fingerprint density at radius 3 is 2.60 bits per heavy atom. The first-order chi connectivity index (χ1) is 9.22. The number of nitrogens with one attached hydrogen (secondary N) is 1. The lowest BCUT2D eigenvalue weighted by molar-refractivity contribution is 0.136. The van der Waals surface area contributed by atoms with E-state index in [1.54, 1.807) is 0 Å². The lowest BCUT2D eigenvalue weighted by Gasteiger charge is -2.36. The van der Waals surface area contributed by atoms with Crippen molar-refractivity contribution in [1.82, 2.24) is 5.32 Å². The molecule has 1 aliphatic carbocycles. The van der Waals surface area contributed by atoms with E-state index >= 15 is 0 Å². The van der Waals surface area contributed by atoms with Crippen LogP contribution in [0.2, 0.25) is 18.1 Å². The van der Waals surface area contributed by atoms with Crippen LogP contribution in [0.25, 0.3) is 0 Å². The van der Waals surface area contributed by atoms with E-state index in [0.717, 1.165) is 18.5 Å². The Morgan fingerprint density at radius 1 is 1.35 bits per heavy atom. The molecule has 0 fully saturated rings. The Morgan fingerprint density at radius 2 is 2.05 bits per heavy atom. The van der Waals surface area contributed by atoms with Crippen LogP contribution in [0, 0.1) is 0 Å². The Bertz CT molecular complexity index is 356. The zero-order chi connectivity index (χ0) is 15.2. The van der Waals surface area contributed by atoms with Gasteiger partial charge >= 0.3 is 0 Å². The predicted molar refractivity (Wildman–Crippen MR) is 88.2 cm³/mol. The minimum Gasteiger partial charge on any atom is -0.417 e. The lowest BCUT2D eigenvalue weighted by Crippen LogP contribution is -2.41. The highest BCUT2D eigenvalue weighted by atomic mass is 28.4. The van der Waals surface area contributed by atoms with Gasteiger partial charge in [-0.2, -0.15) is 0 Å². The molecule has 0 bridgehead atoms. The molecule has 0 heterocycles. The van der Waals surface area contributed by atoms with E-state index < -0.39 is 8.32 Å². The van der Waals surface area contributed by atoms with Crippen LogP contribution in [0.1, 0.15) is 40.0 Å². The summed E-state index contributed by atoms with van der Waals surface area (Å²) in [5, 5.41) is 13.5. The fourth-order valence-corrected chi connectivity index (χ4v) is 2.81. The van der Waals surface area contributed by atoms with Gasteiger partial charge in [-0.15, -0.1) is 0 Å². The molecule has 0 aromatic carbocycles. The maximum Gasteiger partial charge on any atom is 0.191 e. The van der Waals surface area contributed by atoms with Crippen LogP contribution in [0.3, 0.4) is 0 Å². The van der Waals surface area contributed by atoms with Crippen molar-refractivity contribution in [3.8, 4) is 0 Å². The Kier molecular flexibility index (Phi) is 6.49. The third kappa shape index (κ3) is 5.81. The second-order valence-corrected chi connectivity index (χ2v) is 11.9. The van der Waals surface area contributed by atoms with Crippen molar-refractivity contribution in [2.75, 3.05) is 13.2 Å². The van der Waals surface area contributed by atoms with Crippen molar-refractivity contribution in [3.05, 3.63) is 23.9 Å². The summed E-state index contributed by atoms with van der Waals surface area (Å²) in [5.41, 5.74) is 1.13. The summed E-state index contributed by atoms with van der Waals surface area (Å²) in [5.74, 6) is 0. The summed E-state index contributed by atoms with van der Waals surface area (Å²) in [6.45, 7) is 12.4. The maximum atomic E-state index is 10.0. The summed E-state index contributed by atoms with van der Waals surface area (Å²) in [6.07, 6.45) is 8.97. The molecule has 2 N–H and O–H groups in total. The van der Waals surface area contributed by atoms with Crippen molar-refractivity contribution in [1.29, 1.82) is 0 Å². The van der Waals surface area contributed by atoms with E-state index in [0.29, 0.717) is 19.6 Å². The molecule has 0 aliphatic heterocycles. The average molecular weight is 298 g/mol. The van der Waals surface area contributed by atoms with Crippen molar-refractivity contribution < 1.29 is 9.53 Å². The second-order valence-electron chi connectivity index (χ2n) is 7.07. The first-order valence-electron chi connectivity index (χ1n) is 7.65. The quantitative estimate of drug-likeness (QED) is 0.706. The largest absolute Gasteiger partial charge is 0.417 e. The number of hydrogen-bond acceptors (Lipinski definition) is 3. The summed E-state index contributed by atoms with van der Waals surface area (Å²) < 4.78 is 6.08. The zero-order valence-corrected chi connectivity index (χ0v) is 14.7. The van der Waals surface area contributed by atoms with Gasteiger partial charge in [0.25, 0.3) is 0 Å². The monoisotopic (exact) mass is 297 g/mol. The molecular formula is C16H31NO2Si. The fraction of sp³-hybridized carbons (Fsp3) is 0.750. The lowest BCUT2D eigenvalue weighted by atomic mass is 10.1. The molecule has 0 aromatic heterocycles.